The Bertz CT molecular complexity index is 1340. The Hall–Kier alpha value is -3.61. The summed E-state index contributed by atoms with van der Waals surface area (Å²) in [6, 6.07) is 10.7. The number of aliphatic hydroxyl groups excluding tert-OH is 5. The molecule has 39 heavy (non-hydrogen) atoms. The van der Waals surface area contributed by atoms with E-state index in [0.29, 0.717) is 28.1 Å². The minimum Gasteiger partial charge on any atom is -0.482 e. The third-order valence-electron chi connectivity index (χ3n) is 6.84. The number of benzene rings is 2. The number of nitrogens with one attached hydrogen (secondary N) is 1. The number of hydrogen-bond donors (Lipinski definition) is 6. The van der Waals surface area contributed by atoms with Gasteiger partial charge in [-0.3, -0.25) is 9.59 Å². The second-order valence-electron chi connectivity index (χ2n) is 10.1. The highest BCUT2D eigenvalue weighted by Gasteiger charge is 2.38. The monoisotopic (exact) mass is 542 g/mol. The number of anilines is 1. The van der Waals surface area contributed by atoms with Crippen molar-refractivity contribution in [3.05, 3.63) is 76.8 Å². The maximum atomic E-state index is 13.6. The van der Waals surface area contributed by atoms with Gasteiger partial charge >= 0.3 is 0 Å². The first-order chi connectivity index (χ1) is 18.3. The Morgan fingerprint density at radius 1 is 1.05 bits per heavy atom. The fourth-order valence-corrected chi connectivity index (χ4v) is 4.66. The van der Waals surface area contributed by atoms with E-state index in [9.17, 15) is 34.4 Å². The molecule has 1 unspecified atom stereocenters. The van der Waals surface area contributed by atoms with Crippen molar-refractivity contribution < 1.29 is 44.2 Å². The van der Waals surface area contributed by atoms with Gasteiger partial charge < -0.3 is 40.5 Å². The van der Waals surface area contributed by atoms with Gasteiger partial charge in [-0.2, -0.15) is 0 Å². The standard InChI is InChI=1S/C28H31FN2O8/c1-28(2)18(11-22(39-28)23-17-9-8-16(29)10-19(17)30-26(23)37)14-4-6-15(7-5-14)27(38)31(3)12-20(33)24(35)25(36)21(34)13-32/h4-11,20-21,24-25,32-36H,12-13H2,1-3H3,(H,30,37)/b23-22+/t20-,21?,24+,25-/m0/s1. The van der Waals surface area contributed by atoms with Crippen molar-refractivity contribution >= 4 is 28.6 Å². The number of likely N-dealkylation sites (N-methyl/N-ethyl adjacent to an activating group) is 1. The number of carbonyl (C=O) groups is 2. The lowest BCUT2D eigenvalue weighted by Crippen LogP contribution is -2.49. The number of fused-ring (bicyclic) bond motifs is 1. The third-order valence-corrected chi connectivity index (χ3v) is 6.84. The second-order valence-corrected chi connectivity index (χ2v) is 10.1. The van der Waals surface area contributed by atoms with Crippen molar-refractivity contribution in [3.63, 3.8) is 0 Å². The number of allylic oxidation sites excluding steroid dienone is 1. The average molecular weight is 543 g/mol. The molecule has 0 saturated carbocycles. The first kappa shape index (κ1) is 28.4. The van der Waals surface area contributed by atoms with E-state index in [0.717, 1.165) is 16.0 Å². The van der Waals surface area contributed by atoms with Crippen LogP contribution in [0.3, 0.4) is 0 Å². The van der Waals surface area contributed by atoms with E-state index in [1.807, 2.05) is 13.8 Å². The van der Waals surface area contributed by atoms with Crippen LogP contribution >= 0.6 is 0 Å². The topological polar surface area (TPSA) is 160 Å². The molecule has 0 aliphatic carbocycles. The quantitative estimate of drug-likeness (QED) is 0.268. The lowest BCUT2D eigenvalue weighted by atomic mass is 9.91. The number of ether oxygens (including phenoxy) is 1. The molecule has 4 atom stereocenters. The molecular formula is C28H31FN2O8. The fourth-order valence-electron chi connectivity index (χ4n) is 4.66. The minimum absolute atomic E-state index is 0.293. The summed E-state index contributed by atoms with van der Waals surface area (Å²) in [5, 5.41) is 51.0. The lowest BCUT2D eigenvalue weighted by molar-refractivity contribution is -0.117. The van der Waals surface area contributed by atoms with Crippen LogP contribution in [0, 0.1) is 5.82 Å². The molecule has 208 valence electrons. The van der Waals surface area contributed by atoms with E-state index >= 15 is 0 Å². The maximum absolute atomic E-state index is 13.6. The van der Waals surface area contributed by atoms with E-state index in [1.54, 1.807) is 30.3 Å². The van der Waals surface area contributed by atoms with Gasteiger partial charge in [0.1, 0.15) is 41.6 Å². The molecule has 0 bridgehead atoms. The van der Waals surface area contributed by atoms with Gasteiger partial charge in [0.2, 0.25) is 0 Å². The predicted octanol–water partition coefficient (Wildman–Crippen LogP) is 0.889. The molecular weight excluding hydrogens is 511 g/mol. The first-order valence-corrected chi connectivity index (χ1v) is 12.3. The molecule has 0 fully saturated rings. The summed E-state index contributed by atoms with van der Waals surface area (Å²) in [6.07, 6.45) is -5.03. The fraction of sp³-hybridized carbons (Fsp3) is 0.357. The average Bonchev–Trinajstić information content (AvgIpc) is 3.40. The molecule has 0 saturated heterocycles. The Morgan fingerprint density at radius 3 is 2.33 bits per heavy atom. The molecule has 11 heteroatoms. The van der Waals surface area contributed by atoms with E-state index in [1.165, 1.54) is 25.2 Å². The largest absolute Gasteiger partial charge is 0.482 e. The summed E-state index contributed by atoms with van der Waals surface area (Å²) in [7, 11) is 1.41. The van der Waals surface area contributed by atoms with E-state index in [2.05, 4.69) is 5.32 Å². The number of halogens is 1. The van der Waals surface area contributed by atoms with Crippen molar-refractivity contribution in [2.24, 2.45) is 0 Å². The second kappa shape index (κ2) is 10.9. The van der Waals surface area contributed by atoms with Crippen molar-refractivity contribution in [1.29, 1.82) is 0 Å². The zero-order valence-corrected chi connectivity index (χ0v) is 21.6. The molecule has 2 aromatic rings. The number of nitrogens with zero attached hydrogens (tertiary/aromatic N) is 1. The molecule has 4 rings (SSSR count). The van der Waals surface area contributed by atoms with Crippen LogP contribution in [0.2, 0.25) is 0 Å². The Balaban J connectivity index is 1.53. The number of amides is 2. The van der Waals surface area contributed by atoms with Crippen LogP contribution in [0.4, 0.5) is 10.1 Å². The molecule has 0 aromatic heterocycles. The van der Waals surface area contributed by atoms with Crippen LogP contribution in [0.25, 0.3) is 11.1 Å². The summed E-state index contributed by atoms with van der Waals surface area (Å²) in [5.74, 6) is -0.976. The van der Waals surface area contributed by atoms with Crippen molar-refractivity contribution in [2.75, 3.05) is 25.5 Å². The van der Waals surface area contributed by atoms with Gasteiger partial charge in [0.25, 0.3) is 11.8 Å². The number of carbonyl (C=O) groups excluding carboxylic acids is 2. The molecule has 0 radical (unpaired) electrons. The van der Waals surface area contributed by atoms with Gasteiger partial charge in [0.15, 0.2) is 0 Å². The molecule has 2 heterocycles. The number of aliphatic hydroxyl groups is 5. The highest BCUT2D eigenvalue weighted by molar-refractivity contribution is 6.32. The Labute approximate surface area is 224 Å². The van der Waals surface area contributed by atoms with Gasteiger partial charge in [0, 0.05) is 30.3 Å². The minimum atomic E-state index is -1.79. The van der Waals surface area contributed by atoms with Crippen molar-refractivity contribution in [2.45, 2.75) is 43.9 Å². The highest BCUT2D eigenvalue weighted by atomic mass is 19.1. The summed E-state index contributed by atoms with van der Waals surface area (Å²) < 4.78 is 19.8. The smallest absolute Gasteiger partial charge is 0.260 e. The predicted molar refractivity (Wildman–Crippen MR) is 140 cm³/mol. The summed E-state index contributed by atoms with van der Waals surface area (Å²) in [5.41, 5.74) is 2.20. The highest BCUT2D eigenvalue weighted by Crippen LogP contribution is 2.44. The SMILES string of the molecule is CN(C[C@H](O)[C@@H](O)[C@@H](O)C(O)CO)C(=O)c1ccc(C2=C/C(=C3\C(=O)Nc4cc(F)ccc43)OC2(C)C)cc1. The zero-order chi connectivity index (χ0) is 28.6. The van der Waals surface area contributed by atoms with Crippen molar-refractivity contribution in [1.82, 2.24) is 4.90 Å². The maximum Gasteiger partial charge on any atom is 0.260 e. The molecule has 2 amide bonds. The van der Waals surface area contributed by atoms with Gasteiger partial charge in [-0.25, -0.2) is 4.39 Å². The van der Waals surface area contributed by atoms with Gasteiger partial charge in [-0.05, 0) is 55.8 Å². The Morgan fingerprint density at radius 2 is 1.69 bits per heavy atom. The van der Waals surface area contributed by atoms with Crippen LogP contribution in [0.15, 0.2) is 54.3 Å². The summed E-state index contributed by atoms with van der Waals surface area (Å²) in [4.78, 5) is 26.7. The molecule has 2 aliphatic heterocycles. The molecule has 2 aromatic carbocycles. The number of rotatable bonds is 8. The van der Waals surface area contributed by atoms with Crippen LogP contribution in [-0.2, 0) is 9.53 Å². The lowest BCUT2D eigenvalue weighted by Gasteiger charge is -2.28. The Kier molecular flexibility index (Phi) is 7.92. The summed E-state index contributed by atoms with van der Waals surface area (Å²) in [6.45, 7) is 2.54. The van der Waals surface area contributed by atoms with E-state index in [4.69, 9.17) is 9.84 Å². The molecule has 10 nitrogen and oxygen atoms in total. The molecule has 2 aliphatic rings. The van der Waals surface area contributed by atoms with Gasteiger partial charge in [0.05, 0.1) is 17.9 Å². The first-order valence-electron chi connectivity index (χ1n) is 12.3. The van der Waals surface area contributed by atoms with E-state index < -0.39 is 54.3 Å². The number of hydrogen-bond acceptors (Lipinski definition) is 8. The van der Waals surface area contributed by atoms with Crippen LogP contribution in [0.5, 0.6) is 0 Å². The van der Waals surface area contributed by atoms with Gasteiger partial charge in [-0.15, -0.1) is 0 Å². The molecule has 0 spiro atoms. The van der Waals surface area contributed by atoms with E-state index in [-0.39, 0.29) is 6.54 Å². The zero-order valence-electron chi connectivity index (χ0n) is 21.6. The normalized spacial score (nSPS) is 20.8. The van der Waals surface area contributed by atoms with Gasteiger partial charge in [-0.1, -0.05) is 12.1 Å². The van der Waals surface area contributed by atoms with Crippen LogP contribution in [-0.4, -0.2) is 92.5 Å². The summed E-state index contributed by atoms with van der Waals surface area (Å²) >= 11 is 0. The van der Waals surface area contributed by atoms with Crippen molar-refractivity contribution in [3.8, 4) is 0 Å². The van der Waals surface area contributed by atoms with Crippen LogP contribution in [0.1, 0.15) is 35.3 Å². The molecule has 6 N–H and O–H groups in total. The van der Waals surface area contributed by atoms with Crippen LogP contribution < -0.4 is 5.32 Å². The third kappa shape index (κ3) is 5.58.